The Labute approximate surface area is 180 Å². The van der Waals surface area contributed by atoms with Crippen LogP contribution in [-0.2, 0) is 32.9 Å². The summed E-state index contributed by atoms with van der Waals surface area (Å²) in [6.45, 7) is 4.90. The molecular weight excluding hydrogens is 390 g/mol. The first-order chi connectivity index (χ1) is 15.0. The van der Waals surface area contributed by atoms with Gasteiger partial charge in [-0.25, -0.2) is 9.97 Å². The third-order valence-electron chi connectivity index (χ3n) is 5.86. The number of carbonyl (C=O) groups is 1. The van der Waals surface area contributed by atoms with Gasteiger partial charge in [-0.1, -0.05) is 30.3 Å². The average molecular weight is 415 g/mol. The van der Waals surface area contributed by atoms with Crippen LogP contribution in [0.5, 0.6) is 0 Å². The Bertz CT molecular complexity index is 1270. The van der Waals surface area contributed by atoms with Gasteiger partial charge in [-0.15, -0.1) is 0 Å². The Balaban J connectivity index is 1.37. The van der Waals surface area contributed by atoms with Crippen molar-refractivity contribution in [3.63, 3.8) is 0 Å². The molecule has 1 amide bonds. The first-order valence-corrected chi connectivity index (χ1v) is 10.6. The fourth-order valence-electron chi connectivity index (χ4n) is 4.34. The van der Waals surface area contributed by atoms with Gasteiger partial charge in [-0.05, 0) is 31.9 Å². The van der Waals surface area contributed by atoms with Crippen molar-refractivity contribution in [2.45, 2.75) is 39.7 Å². The fraction of sp³-hybridized carbons (Fsp3) is 0.333. The molecule has 0 N–H and O–H groups in total. The maximum atomic E-state index is 13.5. The molecule has 0 bridgehead atoms. The molecule has 0 spiro atoms. The van der Waals surface area contributed by atoms with E-state index in [1.54, 1.807) is 4.68 Å². The third-order valence-corrected chi connectivity index (χ3v) is 5.86. The van der Waals surface area contributed by atoms with E-state index in [-0.39, 0.29) is 5.91 Å². The van der Waals surface area contributed by atoms with E-state index >= 15 is 0 Å². The summed E-state index contributed by atoms with van der Waals surface area (Å²) in [6.07, 6.45) is 2.32. The van der Waals surface area contributed by atoms with Crippen LogP contribution in [0.4, 0.5) is 0 Å². The van der Waals surface area contributed by atoms with Gasteiger partial charge in [0.1, 0.15) is 11.5 Å². The summed E-state index contributed by atoms with van der Waals surface area (Å²) in [4.78, 5) is 24.6. The lowest BCUT2D eigenvalue weighted by Gasteiger charge is -2.25. The minimum atomic E-state index is -0.00825. The fourth-order valence-corrected chi connectivity index (χ4v) is 4.34. The second-order valence-corrected chi connectivity index (χ2v) is 8.16. The molecule has 4 heterocycles. The van der Waals surface area contributed by atoms with Gasteiger partial charge in [-0.3, -0.25) is 9.48 Å². The number of fused-ring (bicyclic) bond motifs is 2. The number of carbonyl (C=O) groups excluding carboxylic acids is 1. The van der Waals surface area contributed by atoms with Gasteiger partial charge in [-0.2, -0.15) is 5.10 Å². The molecule has 0 saturated carbocycles. The van der Waals surface area contributed by atoms with Crippen LogP contribution in [-0.4, -0.2) is 37.1 Å². The Morgan fingerprint density at radius 2 is 1.94 bits per heavy atom. The van der Waals surface area contributed by atoms with E-state index in [9.17, 15) is 4.79 Å². The molecule has 0 aliphatic carbocycles. The van der Waals surface area contributed by atoms with Gasteiger partial charge in [0.05, 0.1) is 23.2 Å². The topological polar surface area (TPSA) is 77.0 Å². The van der Waals surface area contributed by atoms with E-state index in [1.807, 2.05) is 50.1 Å². The van der Waals surface area contributed by atoms with Crippen LogP contribution in [0.15, 0.2) is 40.8 Å². The van der Waals surface area contributed by atoms with Crippen molar-refractivity contribution in [2.24, 2.45) is 7.05 Å². The van der Waals surface area contributed by atoms with Crippen molar-refractivity contribution in [1.29, 1.82) is 0 Å². The summed E-state index contributed by atoms with van der Waals surface area (Å²) in [7, 11) is 1.86. The zero-order chi connectivity index (χ0) is 21.5. The summed E-state index contributed by atoms with van der Waals surface area (Å²) >= 11 is 0. The lowest BCUT2D eigenvalue weighted by atomic mass is 10.1. The van der Waals surface area contributed by atoms with Gasteiger partial charge in [0.2, 0.25) is 0 Å². The van der Waals surface area contributed by atoms with Crippen LogP contribution >= 0.6 is 0 Å². The number of aromatic nitrogens is 4. The first kappa shape index (κ1) is 19.5. The van der Waals surface area contributed by atoms with Crippen LogP contribution in [0.3, 0.4) is 0 Å². The maximum Gasteiger partial charge on any atom is 0.255 e. The molecule has 1 aliphatic rings. The van der Waals surface area contributed by atoms with Crippen molar-refractivity contribution in [1.82, 2.24) is 24.6 Å². The van der Waals surface area contributed by atoms with Crippen LogP contribution in [0.25, 0.3) is 11.0 Å². The number of hydrogen-bond donors (Lipinski definition) is 0. The number of nitrogens with zero attached hydrogens (tertiary/aromatic N) is 5. The van der Waals surface area contributed by atoms with Gasteiger partial charge >= 0.3 is 0 Å². The van der Waals surface area contributed by atoms with Crippen LogP contribution in [0.1, 0.15) is 44.7 Å². The normalized spacial score (nSPS) is 13.6. The number of benzene rings is 1. The molecule has 31 heavy (non-hydrogen) atoms. The molecule has 0 saturated heterocycles. The molecule has 1 aromatic carbocycles. The summed E-state index contributed by atoms with van der Waals surface area (Å²) in [5.74, 6) is 1.64. The van der Waals surface area contributed by atoms with Crippen molar-refractivity contribution < 1.29 is 9.21 Å². The highest BCUT2D eigenvalue weighted by Gasteiger charge is 2.28. The SMILES string of the molecule is Cc1cc(C(=O)N2CCc3oc(CCc4ccccc4)nc3C2)c2c(C)nn(C)c2n1. The highest BCUT2D eigenvalue weighted by molar-refractivity contribution is 6.06. The largest absolute Gasteiger partial charge is 0.445 e. The van der Waals surface area contributed by atoms with Crippen molar-refractivity contribution in [3.8, 4) is 0 Å². The second-order valence-electron chi connectivity index (χ2n) is 8.16. The molecule has 4 aromatic rings. The monoisotopic (exact) mass is 415 g/mol. The minimum Gasteiger partial charge on any atom is -0.445 e. The number of pyridine rings is 1. The van der Waals surface area contributed by atoms with Gasteiger partial charge in [0.15, 0.2) is 11.5 Å². The van der Waals surface area contributed by atoms with Gasteiger partial charge in [0.25, 0.3) is 5.91 Å². The molecule has 158 valence electrons. The molecule has 3 aromatic heterocycles. The van der Waals surface area contributed by atoms with Crippen LogP contribution < -0.4 is 0 Å². The Kier molecular flexibility index (Phi) is 4.81. The summed E-state index contributed by atoms with van der Waals surface area (Å²) in [5.41, 5.74) is 5.15. The number of rotatable bonds is 4. The lowest BCUT2D eigenvalue weighted by molar-refractivity contribution is 0.0729. The predicted octanol–water partition coefficient (Wildman–Crippen LogP) is 3.56. The number of aryl methyl sites for hydroxylation is 5. The Morgan fingerprint density at radius 3 is 2.74 bits per heavy atom. The standard InChI is InChI=1S/C24H25N5O2/c1-15-13-18(22-16(2)27-28(3)23(22)25-15)24(30)29-12-11-20-19(14-29)26-21(31-20)10-9-17-7-5-4-6-8-17/h4-8,13H,9-12,14H2,1-3H3. The summed E-state index contributed by atoms with van der Waals surface area (Å²) in [6, 6.07) is 12.2. The number of hydrogen-bond acceptors (Lipinski definition) is 5. The lowest BCUT2D eigenvalue weighted by Crippen LogP contribution is -2.36. The summed E-state index contributed by atoms with van der Waals surface area (Å²) in [5, 5.41) is 5.29. The van der Waals surface area contributed by atoms with E-state index in [0.717, 1.165) is 52.6 Å². The molecule has 0 unspecified atom stereocenters. The van der Waals surface area contributed by atoms with E-state index in [4.69, 9.17) is 9.40 Å². The smallest absolute Gasteiger partial charge is 0.255 e. The molecule has 0 atom stereocenters. The van der Waals surface area contributed by atoms with Crippen molar-refractivity contribution in [2.75, 3.05) is 6.54 Å². The molecule has 0 fully saturated rings. The van der Waals surface area contributed by atoms with Crippen LogP contribution in [0, 0.1) is 13.8 Å². The zero-order valence-corrected chi connectivity index (χ0v) is 18.1. The Hall–Kier alpha value is -3.48. The van der Waals surface area contributed by atoms with E-state index in [0.29, 0.717) is 25.1 Å². The Morgan fingerprint density at radius 1 is 1.13 bits per heavy atom. The van der Waals surface area contributed by atoms with Crippen molar-refractivity contribution >= 4 is 16.9 Å². The second kappa shape index (κ2) is 7.65. The summed E-state index contributed by atoms with van der Waals surface area (Å²) < 4.78 is 7.74. The molecular formula is C24H25N5O2. The van der Waals surface area contributed by atoms with Gasteiger partial charge in [0, 0.05) is 32.1 Å². The third kappa shape index (κ3) is 3.60. The van der Waals surface area contributed by atoms with Crippen molar-refractivity contribution in [3.05, 3.63) is 76.3 Å². The van der Waals surface area contributed by atoms with E-state index in [2.05, 4.69) is 22.2 Å². The van der Waals surface area contributed by atoms with Crippen LogP contribution in [0.2, 0.25) is 0 Å². The van der Waals surface area contributed by atoms with E-state index in [1.165, 1.54) is 5.56 Å². The molecule has 7 nitrogen and oxygen atoms in total. The molecule has 0 radical (unpaired) electrons. The maximum absolute atomic E-state index is 13.5. The number of oxazole rings is 1. The molecule has 1 aliphatic heterocycles. The minimum absolute atomic E-state index is 0.00825. The predicted molar refractivity (Wildman–Crippen MR) is 117 cm³/mol. The highest BCUT2D eigenvalue weighted by atomic mass is 16.4. The van der Waals surface area contributed by atoms with Gasteiger partial charge < -0.3 is 9.32 Å². The first-order valence-electron chi connectivity index (χ1n) is 10.6. The zero-order valence-electron chi connectivity index (χ0n) is 18.1. The quantitative estimate of drug-likeness (QED) is 0.509. The van der Waals surface area contributed by atoms with E-state index < -0.39 is 0 Å². The molecule has 7 heteroatoms. The highest BCUT2D eigenvalue weighted by Crippen LogP contribution is 2.26. The number of amides is 1. The average Bonchev–Trinajstić information content (AvgIpc) is 3.31. The molecule has 5 rings (SSSR count).